The summed E-state index contributed by atoms with van der Waals surface area (Å²) in [5.41, 5.74) is 0.292. The van der Waals surface area contributed by atoms with Crippen LogP contribution in [0.5, 0.6) is 0 Å². The first-order valence-electron chi connectivity index (χ1n) is 14.4. The van der Waals surface area contributed by atoms with Gasteiger partial charge in [0.05, 0.1) is 40.0 Å². The molecule has 12 nitrogen and oxygen atoms in total. The van der Waals surface area contributed by atoms with Crippen LogP contribution < -0.4 is 10.2 Å². The number of pyridine rings is 1. The van der Waals surface area contributed by atoms with Gasteiger partial charge in [0.15, 0.2) is 11.5 Å². The average Bonchev–Trinajstić information content (AvgIpc) is 3.63. The minimum absolute atomic E-state index is 0.120. The van der Waals surface area contributed by atoms with E-state index in [9.17, 15) is 26.7 Å². The van der Waals surface area contributed by atoms with E-state index in [1.807, 2.05) is 0 Å². The second-order valence-electron chi connectivity index (χ2n) is 11.1. The van der Waals surface area contributed by atoms with E-state index in [0.29, 0.717) is 66.7 Å². The lowest BCUT2D eigenvalue weighted by Crippen LogP contribution is -2.34. The lowest BCUT2D eigenvalue weighted by molar-refractivity contribution is -0.141. The van der Waals surface area contributed by atoms with Gasteiger partial charge in [-0.15, -0.1) is 0 Å². The van der Waals surface area contributed by atoms with Gasteiger partial charge in [0.2, 0.25) is 0 Å². The maximum atomic E-state index is 13.5. The van der Waals surface area contributed by atoms with Gasteiger partial charge in [0.25, 0.3) is 10.0 Å². The molecule has 1 saturated heterocycles. The molecule has 5 heterocycles. The second-order valence-corrected chi connectivity index (χ2v) is 13.1. The number of anilines is 3. The van der Waals surface area contributed by atoms with Crippen LogP contribution in [0.4, 0.5) is 30.5 Å². The standard InChI is InChI=1S/C29H30F3N9O3S/c1-39-17-21(27(38-39)29(30,31)32)3-2-20-15-34-26(14-24(20)40-11-7-19(8-12-40)9-13-42)36-25-6-10-33-28(37-25)22-16-35-41(18-22)45(43,44)23-4-5-23/h6,10,14-19,23,42H,4-5,7-9,11-13H2,1H3,(H,33,34,36,37). The summed E-state index contributed by atoms with van der Waals surface area (Å²) < 4.78 is 67.6. The highest BCUT2D eigenvalue weighted by atomic mass is 32.2. The summed E-state index contributed by atoms with van der Waals surface area (Å²) in [6.07, 6.45) is 6.05. The van der Waals surface area contributed by atoms with Crippen molar-refractivity contribution in [2.24, 2.45) is 13.0 Å². The first-order chi connectivity index (χ1) is 21.5. The van der Waals surface area contributed by atoms with Gasteiger partial charge in [-0.2, -0.15) is 27.5 Å². The summed E-state index contributed by atoms with van der Waals surface area (Å²) in [5, 5.41) is 19.6. The molecule has 4 aromatic heterocycles. The average molecular weight is 642 g/mol. The Morgan fingerprint density at radius 1 is 1.04 bits per heavy atom. The molecule has 2 aliphatic rings. The highest BCUT2D eigenvalue weighted by Crippen LogP contribution is 2.33. The van der Waals surface area contributed by atoms with E-state index < -0.39 is 27.1 Å². The third kappa shape index (κ3) is 6.79. The van der Waals surface area contributed by atoms with Crippen LogP contribution in [0.15, 0.2) is 43.1 Å². The molecule has 1 aliphatic carbocycles. The second kappa shape index (κ2) is 12.1. The zero-order valence-corrected chi connectivity index (χ0v) is 25.1. The number of alkyl halides is 3. The van der Waals surface area contributed by atoms with Crippen molar-refractivity contribution in [2.45, 2.75) is 43.5 Å². The molecule has 0 unspecified atom stereocenters. The Bertz CT molecular complexity index is 1870. The van der Waals surface area contributed by atoms with E-state index in [-0.39, 0.29) is 18.0 Å². The van der Waals surface area contributed by atoms with Gasteiger partial charge in [-0.3, -0.25) is 4.68 Å². The summed E-state index contributed by atoms with van der Waals surface area (Å²) in [5.74, 6) is 6.98. The molecule has 0 atom stereocenters. The van der Waals surface area contributed by atoms with Crippen molar-refractivity contribution in [1.82, 2.24) is 33.9 Å². The lowest BCUT2D eigenvalue weighted by Gasteiger charge is -2.34. The number of hydrogen-bond acceptors (Lipinski definition) is 10. The van der Waals surface area contributed by atoms with Gasteiger partial charge in [-0.05, 0) is 44.1 Å². The van der Waals surface area contributed by atoms with Crippen LogP contribution in [-0.4, -0.2) is 72.4 Å². The third-order valence-electron chi connectivity index (χ3n) is 7.74. The monoisotopic (exact) mass is 641 g/mol. The van der Waals surface area contributed by atoms with Crippen molar-refractivity contribution in [3.8, 4) is 23.2 Å². The topological polar surface area (TPSA) is 144 Å². The van der Waals surface area contributed by atoms with Crippen LogP contribution in [0.3, 0.4) is 0 Å². The molecule has 1 aliphatic heterocycles. The van der Waals surface area contributed by atoms with Crippen LogP contribution in [0, 0.1) is 17.8 Å². The maximum absolute atomic E-state index is 13.5. The first-order valence-corrected chi connectivity index (χ1v) is 15.9. The molecule has 0 bridgehead atoms. The zero-order chi connectivity index (χ0) is 31.8. The fraction of sp³-hybridized carbons (Fsp3) is 0.414. The number of piperidine rings is 1. The van der Waals surface area contributed by atoms with Gasteiger partial charge in [-0.1, -0.05) is 11.8 Å². The number of nitrogens with zero attached hydrogens (tertiary/aromatic N) is 8. The molecule has 6 rings (SSSR count). The van der Waals surface area contributed by atoms with Gasteiger partial charge < -0.3 is 15.3 Å². The molecule has 0 aromatic carbocycles. The van der Waals surface area contributed by atoms with E-state index >= 15 is 0 Å². The van der Waals surface area contributed by atoms with Crippen molar-refractivity contribution >= 4 is 27.3 Å². The van der Waals surface area contributed by atoms with Crippen molar-refractivity contribution in [1.29, 1.82) is 0 Å². The van der Waals surface area contributed by atoms with Crippen LogP contribution in [-0.2, 0) is 23.2 Å². The van der Waals surface area contributed by atoms with E-state index in [2.05, 4.69) is 47.2 Å². The molecule has 16 heteroatoms. The molecule has 2 N–H and O–H groups in total. The Hall–Kier alpha value is -4.49. The SMILES string of the molecule is Cn1cc(C#Cc2cnc(Nc3ccnc(-c4cnn(S(=O)(=O)C5CC5)c4)n3)cc2N2CCC(CCO)CC2)c(C(F)(F)F)n1. The molecule has 1 saturated carbocycles. The largest absolute Gasteiger partial charge is 0.436 e. The third-order valence-corrected chi connectivity index (χ3v) is 9.78. The summed E-state index contributed by atoms with van der Waals surface area (Å²) in [7, 11) is -2.13. The number of aliphatic hydroxyl groups excluding tert-OH is 1. The normalized spacial score (nSPS) is 16.0. The number of nitrogens with one attached hydrogen (secondary N) is 1. The van der Waals surface area contributed by atoms with Gasteiger partial charge in [0.1, 0.15) is 11.6 Å². The van der Waals surface area contributed by atoms with E-state index in [1.165, 1.54) is 38.0 Å². The highest BCUT2D eigenvalue weighted by Gasteiger charge is 2.38. The Morgan fingerprint density at radius 3 is 2.51 bits per heavy atom. The molecule has 236 valence electrons. The Kier molecular flexibility index (Phi) is 8.23. The molecule has 0 radical (unpaired) electrons. The Morgan fingerprint density at radius 2 is 1.80 bits per heavy atom. The molecular weight excluding hydrogens is 611 g/mol. The van der Waals surface area contributed by atoms with Crippen molar-refractivity contribution in [3.63, 3.8) is 0 Å². The fourth-order valence-corrected chi connectivity index (χ4v) is 6.69. The summed E-state index contributed by atoms with van der Waals surface area (Å²) >= 11 is 0. The molecule has 0 amide bonds. The van der Waals surface area contributed by atoms with E-state index in [4.69, 9.17) is 0 Å². The number of aryl methyl sites for hydroxylation is 1. The van der Waals surface area contributed by atoms with Gasteiger partial charge in [-0.25, -0.2) is 23.4 Å². The van der Waals surface area contributed by atoms with Crippen LogP contribution >= 0.6 is 0 Å². The minimum atomic E-state index is -4.64. The predicted molar refractivity (Wildman–Crippen MR) is 159 cm³/mol. The number of aromatic nitrogens is 7. The molecule has 4 aromatic rings. The summed E-state index contributed by atoms with van der Waals surface area (Å²) in [6, 6.07) is 3.40. The Balaban J connectivity index is 1.28. The van der Waals surface area contributed by atoms with Crippen molar-refractivity contribution in [3.05, 3.63) is 59.9 Å². The van der Waals surface area contributed by atoms with Crippen LogP contribution in [0.1, 0.15) is 48.9 Å². The summed E-state index contributed by atoms with van der Waals surface area (Å²) in [4.78, 5) is 15.3. The van der Waals surface area contributed by atoms with Gasteiger partial charge >= 0.3 is 6.18 Å². The van der Waals surface area contributed by atoms with E-state index in [0.717, 1.165) is 21.6 Å². The van der Waals surface area contributed by atoms with Gasteiger partial charge in [0, 0.05) is 51.4 Å². The molecule has 2 fully saturated rings. The van der Waals surface area contributed by atoms with Crippen molar-refractivity contribution in [2.75, 3.05) is 29.9 Å². The molecule has 45 heavy (non-hydrogen) atoms. The van der Waals surface area contributed by atoms with Crippen molar-refractivity contribution < 1.29 is 26.7 Å². The number of hydrogen-bond donors (Lipinski definition) is 2. The highest BCUT2D eigenvalue weighted by molar-refractivity contribution is 7.90. The van der Waals surface area contributed by atoms with Crippen LogP contribution in [0.2, 0.25) is 0 Å². The number of rotatable bonds is 8. The summed E-state index contributed by atoms with van der Waals surface area (Å²) in [6.45, 7) is 1.47. The number of aliphatic hydroxyl groups is 1. The van der Waals surface area contributed by atoms with E-state index in [1.54, 1.807) is 12.1 Å². The lowest BCUT2D eigenvalue weighted by atomic mass is 9.93. The molecular formula is C29H30F3N9O3S. The minimum Gasteiger partial charge on any atom is -0.396 e. The Labute approximate surface area is 257 Å². The molecule has 0 spiro atoms. The zero-order valence-electron chi connectivity index (χ0n) is 24.2. The quantitative estimate of drug-likeness (QED) is 0.274. The number of halogens is 3. The predicted octanol–water partition coefficient (Wildman–Crippen LogP) is 3.57. The fourth-order valence-electron chi connectivity index (χ4n) is 5.22. The maximum Gasteiger partial charge on any atom is 0.436 e. The smallest absolute Gasteiger partial charge is 0.396 e. The van der Waals surface area contributed by atoms with Crippen LogP contribution in [0.25, 0.3) is 11.4 Å². The first kappa shape index (κ1) is 30.5.